The summed E-state index contributed by atoms with van der Waals surface area (Å²) >= 11 is 0. The highest BCUT2D eigenvalue weighted by Gasteiger charge is 2.24. The fraction of sp³-hybridized carbons (Fsp3) is 0.909. The van der Waals surface area contributed by atoms with Crippen LogP contribution in [0.5, 0.6) is 0 Å². The summed E-state index contributed by atoms with van der Waals surface area (Å²) in [5.41, 5.74) is 0. The van der Waals surface area contributed by atoms with Crippen molar-refractivity contribution >= 4 is 15.9 Å². The van der Waals surface area contributed by atoms with Gasteiger partial charge < -0.3 is 5.32 Å². The zero-order valence-electron chi connectivity index (χ0n) is 10.6. The maximum Gasteiger partial charge on any atom is 0.220 e. The summed E-state index contributed by atoms with van der Waals surface area (Å²) in [5, 5.41) is 2.75. The summed E-state index contributed by atoms with van der Waals surface area (Å²) < 4.78 is 24.8. The van der Waals surface area contributed by atoms with Gasteiger partial charge in [-0.1, -0.05) is 13.8 Å². The van der Waals surface area contributed by atoms with E-state index in [4.69, 9.17) is 0 Å². The molecular weight excluding hydrogens is 240 g/mol. The van der Waals surface area contributed by atoms with Gasteiger partial charge in [0.05, 0.1) is 5.75 Å². The van der Waals surface area contributed by atoms with E-state index in [-0.39, 0.29) is 11.7 Å². The van der Waals surface area contributed by atoms with Crippen LogP contribution in [-0.4, -0.2) is 44.0 Å². The van der Waals surface area contributed by atoms with E-state index in [1.165, 1.54) is 4.31 Å². The third-order valence-electron chi connectivity index (χ3n) is 2.73. The molecule has 0 aromatic carbocycles. The van der Waals surface area contributed by atoms with E-state index in [1.54, 1.807) is 0 Å². The first-order chi connectivity index (χ1) is 7.92. The number of sulfonamides is 1. The Bertz CT molecular complexity index is 352. The first-order valence-corrected chi connectivity index (χ1v) is 7.77. The van der Waals surface area contributed by atoms with Crippen LogP contribution in [0.2, 0.25) is 0 Å². The molecule has 6 heteroatoms. The number of nitrogens with one attached hydrogen (secondary N) is 1. The van der Waals surface area contributed by atoms with Gasteiger partial charge in [-0.2, -0.15) is 0 Å². The summed E-state index contributed by atoms with van der Waals surface area (Å²) in [6, 6.07) is 0. The van der Waals surface area contributed by atoms with Crippen LogP contribution in [0.25, 0.3) is 0 Å². The molecule has 0 saturated carbocycles. The summed E-state index contributed by atoms with van der Waals surface area (Å²) in [6.07, 6.45) is 2.16. The summed E-state index contributed by atoms with van der Waals surface area (Å²) in [5.74, 6) is 0.565. The van der Waals surface area contributed by atoms with E-state index in [9.17, 15) is 13.2 Å². The van der Waals surface area contributed by atoms with Gasteiger partial charge in [-0.25, -0.2) is 12.7 Å². The monoisotopic (exact) mass is 262 g/mol. The number of amides is 1. The molecule has 1 aliphatic rings. The molecule has 0 spiro atoms. The van der Waals surface area contributed by atoms with Crippen molar-refractivity contribution in [2.24, 2.45) is 5.92 Å². The molecule has 0 atom stereocenters. The standard InChI is InChI=1S/C11H22N2O3S/c1-10(2)9-11(14)12-5-7-13-6-3-4-8-17(13,15)16/h10H,3-9H2,1-2H3,(H,12,14). The second-order valence-corrected chi connectivity index (χ2v) is 6.96. The van der Waals surface area contributed by atoms with E-state index in [0.717, 1.165) is 12.8 Å². The number of hydrogen-bond donors (Lipinski definition) is 1. The lowest BCUT2D eigenvalue weighted by molar-refractivity contribution is -0.121. The largest absolute Gasteiger partial charge is 0.355 e. The fourth-order valence-corrected chi connectivity index (χ4v) is 3.46. The molecule has 0 radical (unpaired) electrons. The Morgan fingerprint density at radius 1 is 1.35 bits per heavy atom. The molecule has 1 heterocycles. The maximum absolute atomic E-state index is 11.6. The number of hydrogen-bond acceptors (Lipinski definition) is 3. The normalized spacial score (nSPS) is 20.4. The summed E-state index contributed by atoms with van der Waals surface area (Å²) in [4.78, 5) is 11.4. The van der Waals surface area contributed by atoms with Gasteiger partial charge in [-0.15, -0.1) is 0 Å². The Morgan fingerprint density at radius 2 is 2.06 bits per heavy atom. The lowest BCUT2D eigenvalue weighted by Crippen LogP contribution is -2.42. The van der Waals surface area contributed by atoms with E-state index in [2.05, 4.69) is 5.32 Å². The Hall–Kier alpha value is -0.620. The molecule has 0 aromatic rings. The Morgan fingerprint density at radius 3 is 2.65 bits per heavy atom. The van der Waals surface area contributed by atoms with Gasteiger partial charge in [0, 0.05) is 26.1 Å². The van der Waals surface area contributed by atoms with Crippen molar-refractivity contribution in [2.75, 3.05) is 25.4 Å². The molecule has 1 saturated heterocycles. The molecular formula is C11H22N2O3S. The predicted octanol–water partition coefficient (Wildman–Crippen LogP) is 0.574. The number of carbonyl (C=O) groups excluding carboxylic acids is 1. The van der Waals surface area contributed by atoms with Crippen molar-refractivity contribution < 1.29 is 13.2 Å². The van der Waals surface area contributed by atoms with Gasteiger partial charge in [-0.3, -0.25) is 4.79 Å². The first-order valence-electron chi connectivity index (χ1n) is 6.16. The Balaban J connectivity index is 2.28. The fourth-order valence-electron chi connectivity index (χ4n) is 1.85. The summed E-state index contributed by atoms with van der Waals surface area (Å²) in [6.45, 7) is 5.35. The van der Waals surface area contributed by atoms with Crippen molar-refractivity contribution in [3.8, 4) is 0 Å². The SMILES string of the molecule is CC(C)CC(=O)NCCN1CCCCS1(=O)=O. The highest BCUT2D eigenvalue weighted by Crippen LogP contribution is 2.12. The molecule has 17 heavy (non-hydrogen) atoms. The van der Waals surface area contributed by atoms with E-state index >= 15 is 0 Å². The molecule has 5 nitrogen and oxygen atoms in total. The number of rotatable bonds is 5. The van der Waals surface area contributed by atoms with Gasteiger partial charge in [0.2, 0.25) is 15.9 Å². The molecule has 1 rings (SSSR count). The molecule has 1 amide bonds. The quantitative estimate of drug-likeness (QED) is 0.788. The lowest BCUT2D eigenvalue weighted by Gasteiger charge is -2.26. The van der Waals surface area contributed by atoms with Crippen molar-refractivity contribution in [3.63, 3.8) is 0 Å². The summed E-state index contributed by atoms with van der Waals surface area (Å²) in [7, 11) is -3.06. The Kier molecular flexibility index (Phi) is 5.39. The van der Waals surface area contributed by atoms with Crippen LogP contribution < -0.4 is 5.32 Å². The molecule has 0 aromatic heterocycles. The van der Waals surface area contributed by atoms with Gasteiger partial charge in [0.1, 0.15) is 0 Å². The van der Waals surface area contributed by atoms with Crippen molar-refractivity contribution in [1.29, 1.82) is 0 Å². The highest BCUT2D eigenvalue weighted by molar-refractivity contribution is 7.89. The third kappa shape index (κ3) is 5.04. The maximum atomic E-state index is 11.6. The predicted molar refractivity (Wildman–Crippen MR) is 67.1 cm³/mol. The van der Waals surface area contributed by atoms with E-state index in [0.29, 0.717) is 32.0 Å². The van der Waals surface area contributed by atoms with Gasteiger partial charge in [0.25, 0.3) is 0 Å². The van der Waals surface area contributed by atoms with Crippen LogP contribution in [0.4, 0.5) is 0 Å². The van der Waals surface area contributed by atoms with Crippen LogP contribution >= 0.6 is 0 Å². The second kappa shape index (κ2) is 6.35. The van der Waals surface area contributed by atoms with E-state index < -0.39 is 10.0 Å². The highest BCUT2D eigenvalue weighted by atomic mass is 32.2. The minimum Gasteiger partial charge on any atom is -0.355 e. The Labute approximate surface area is 104 Å². The molecule has 0 unspecified atom stereocenters. The van der Waals surface area contributed by atoms with Crippen molar-refractivity contribution in [1.82, 2.24) is 9.62 Å². The molecule has 0 bridgehead atoms. The van der Waals surface area contributed by atoms with Gasteiger partial charge in [0.15, 0.2) is 0 Å². The molecule has 1 N–H and O–H groups in total. The minimum absolute atomic E-state index is 0.00518. The zero-order valence-corrected chi connectivity index (χ0v) is 11.4. The molecule has 1 aliphatic heterocycles. The minimum atomic E-state index is -3.06. The van der Waals surface area contributed by atoms with Gasteiger partial charge >= 0.3 is 0 Å². The third-order valence-corrected chi connectivity index (χ3v) is 4.69. The van der Waals surface area contributed by atoms with Crippen LogP contribution in [0, 0.1) is 5.92 Å². The van der Waals surface area contributed by atoms with Crippen LogP contribution in [0.1, 0.15) is 33.1 Å². The number of nitrogens with zero attached hydrogens (tertiary/aromatic N) is 1. The zero-order chi connectivity index (χ0) is 12.9. The van der Waals surface area contributed by atoms with Crippen molar-refractivity contribution in [2.45, 2.75) is 33.1 Å². The first kappa shape index (κ1) is 14.4. The number of carbonyl (C=O) groups is 1. The molecule has 1 fully saturated rings. The van der Waals surface area contributed by atoms with Crippen LogP contribution in [0.3, 0.4) is 0 Å². The van der Waals surface area contributed by atoms with Gasteiger partial charge in [-0.05, 0) is 18.8 Å². The average molecular weight is 262 g/mol. The van der Waals surface area contributed by atoms with E-state index in [1.807, 2.05) is 13.8 Å². The molecule has 0 aliphatic carbocycles. The smallest absolute Gasteiger partial charge is 0.220 e. The topological polar surface area (TPSA) is 66.5 Å². The molecule has 100 valence electrons. The van der Waals surface area contributed by atoms with Crippen LogP contribution in [-0.2, 0) is 14.8 Å². The average Bonchev–Trinajstić information content (AvgIpc) is 2.19. The second-order valence-electron chi connectivity index (χ2n) is 4.87. The van der Waals surface area contributed by atoms with Crippen LogP contribution in [0.15, 0.2) is 0 Å². The lowest BCUT2D eigenvalue weighted by atomic mass is 10.1. The van der Waals surface area contributed by atoms with Crippen molar-refractivity contribution in [3.05, 3.63) is 0 Å².